The van der Waals surface area contributed by atoms with Gasteiger partial charge in [0.25, 0.3) is 0 Å². The highest BCUT2D eigenvalue weighted by Gasteiger charge is 2.16. The van der Waals surface area contributed by atoms with Crippen molar-refractivity contribution in [1.29, 1.82) is 0 Å². The lowest BCUT2D eigenvalue weighted by molar-refractivity contribution is -0.133. The Morgan fingerprint density at radius 1 is 1.22 bits per heavy atom. The Morgan fingerprint density at radius 2 is 1.91 bits per heavy atom. The summed E-state index contributed by atoms with van der Waals surface area (Å²) in [6.07, 6.45) is 1.32. The third kappa shape index (κ3) is 5.14. The predicted molar refractivity (Wildman–Crippen MR) is 86.2 cm³/mol. The van der Waals surface area contributed by atoms with Gasteiger partial charge in [-0.1, -0.05) is 34.6 Å². The van der Waals surface area contributed by atoms with Gasteiger partial charge in [0.15, 0.2) is 0 Å². The van der Waals surface area contributed by atoms with E-state index < -0.39 is 5.97 Å². The van der Waals surface area contributed by atoms with Crippen LogP contribution in [0.2, 0.25) is 0 Å². The number of rotatable bonds is 7. The maximum absolute atomic E-state index is 11.9. The number of hydrogen-bond donors (Lipinski definition) is 1. The van der Waals surface area contributed by atoms with Crippen molar-refractivity contribution >= 4 is 23.0 Å². The summed E-state index contributed by atoms with van der Waals surface area (Å²) in [4.78, 5) is 17.1. The Hall–Kier alpha value is -2.83. The van der Waals surface area contributed by atoms with Crippen LogP contribution < -0.4 is 0 Å². The number of carbonyl (C=O) groups is 1. The Morgan fingerprint density at radius 3 is 2.52 bits per heavy atom. The maximum Gasteiger partial charge on any atom is 0.341 e. The molecule has 0 amide bonds. The fourth-order valence-corrected chi connectivity index (χ4v) is 1.70. The molecule has 0 heterocycles. The minimum atomic E-state index is -0.512. The minimum Gasteiger partial charge on any atom is -0.503 e. The van der Waals surface area contributed by atoms with Gasteiger partial charge in [0.1, 0.15) is 23.6 Å². The van der Waals surface area contributed by atoms with Gasteiger partial charge in [-0.25, -0.2) is 4.79 Å². The van der Waals surface area contributed by atoms with Crippen LogP contribution in [0.15, 0.2) is 40.8 Å². The Balaban J connectivity index is 3.02. The summed E-state index contributed by atoms with van der Waals surface area (Å²) in [5, 5.41) is 15.6. The molecule has 23 heavy (non-hydrogen) atoms. The summed E-state index contributed by atoms with van der Waals surface area (Å²) < 4.78 is 9.71. The van der Waals surface area contributed by atoms with Crippen molar-refractivity contribution < 1.29 is 24.3 Å². The van der Waals surface area contributed by atoms with Crippen LogP contribution in [0.4, 0.5) is 0 Å². The maximum atomic E-state index is 11.9. The molecule has 0 fully saturated rings. The lowest BCUT2D eigenvalue weighted by Gasteiger charge is -2.11. The van der Waals surface area contributed by atoms with Crippen LogP contribution in [0.25, 0.3) is 5.57 Å². The van der Waals surface area contributed by atoms with E-state index in [4.69, 9.17) is 19.5 Å². The molecule has 1 aromatic rings. The lowest BCUT2D eigenvalue weighted by atomic mass is 10.0. The van der Waals surface area contributed by atoms with E-state index in [1.165, 1.54) is 20.5 Å². The SMILES string of the molecule is CO/C=C(/C(=O)OC)c1ccccc1CO/N=C(C)/C(C)=N/O. The van der Waals surface area contributed by atoms with E-state index in [0.29, 0.717) is 17.0 Å². The molecule has 0 aromatic heterocycles. The van der Waals surface area contributed by atoms with Crippen molar-refractivity contribution in [3.05, 3.63) is 41.7 Å². The second-order valence-corrected chi connectivity index (χ2v) is 4.55. The molecule has 7 nitrogen and oxygen atoms in total. The van der Waals surface area contributed by atoms with Gasteiger partial charge in [0.05, 0.1) is 20.5 Å². The molecule has 7 heteroatoms. The van der Waals surface area contributed by atoms with Gasteiger partial charge >= 0.3 is 5.97 Å². The molecule has 0 saturated heterocycles. The van der Waals surface area contributed by atoms with Crippen molar-refractivity contribution in [3.63, 3.8) is 0 Å². The van der Waals surface area contributed by atoms with E-state index in [1.807, 2.05) is 6.07 Å². The number of esters is 1. The summed E-state index contributed by atoms with van der Waals surface area (Å²) in [7, 11) is 2.75. The smallest absolute Gasteiger partial charge is 0.341 e. The van der Waals surface area contributed by atoms with Crippen LogP contribution in [0, 0.1) is 0 Å². The van der Waals surface area contributed by atoms with Crippen molar-refractivity contribution in [2.24, 2.45) is 10.3 Å². The van der Waals surface area contributed by atoms with Gasteiger partial charge in [-0.2, -0.15) is 0 Å². The summed E-state index contributed by atoms with van der Waals surface area (Å²) in [6.45, 7) is 3.39. The van der Waals surface area contributed by atoms with Crippen molar-refractivity contribution in [2.75, 3.05) is 14.2 Å². The molecule has 0 saturated carbocycles. The average molecular weight is 320 g/mol. The Kier molecular flexibility index (Phi) is 7.32. The first-order valence-corrected chi connectivity index (χ1v) is 6.80. The largest absolute Gasteiger partial charge is 0.503 e. The molecule has 124 valence electrons. The van der Waals surface area contributed by atoms with Crippen molar-refractivity contribution in [2.45, 2.75) is 20.5 Å². The molecule has 0 radical (unpaired) electrons. The molecule has 1 aromatic carbocycles. The quantitative estimate of drug-likeness (QED) is 0.208. The summed E-state index contributed by atoms with van der Waals surface area (Å²) in [6, 6.07) is 7.18. The number of ether oxygens (including phenoxy) is 2. The predicted octanol–water partition coefficient (Wildman–Crippen LogP) is 2.59. The molecule has 0 unspecified atom stereocenters. The van der Waals surface area contributed by atoms with E-state index in [-0.39, 0.29) is 12.2 Å². The number of benzene rings is 1. The molecule has 1 N–H and O–H groups in total. The first kappa shape index (κ1) is 18.2. The van der Waals surface area contributed by atoms with Gasteiger partial charge < -0.3 is 19.5 Å². The Labute approximate surface area is 134 Å². The van der Waals surface area contributed by atoms with Gasteiger partial charge in [0.2, 0.25) is 0 Å². The van der Waals surface area contributed by atoms with Gasteiger partial charge in [-0.15, -0.1) is 0 Å². The van der Waals surface area contributed by atoms with E-state index in [9.17, 15) is 4.79 Å². The fourth-order valence-electron chi connectivity index (χ4n) is 1.70. The van der Waals surface area contributed by atoms with E-state index in [0.717, 1.165) is 5.56 Å². The third-order valence-corrected chi connectivity index (χ3v) is 3.04. The van der Waals surface area contributed by atoms with E-state index >= 15 is 0 Å². The van der Waals surface area contributed by atoms with E-state index in [2.05, 4.69) is 10.3 Å². The molecule has 0 aliphatic heterocycles. The highest BCUT2D eigenvalue weighted by molar-refractivity contribution is 6.40. The third-order valence-electron chi connectivity index (χ3n) is 3.04. The number of carbonyl (C=O) groups excluding carboxylic acids is 1. The topological polar surface area (TPSA) is 89.7 Å². The molecule has 0 spiro atoms. The van der Waals surface area contributed by atoms with Crippen LogP contribution in [0.5, 0.6) is 0 Å². The highest BCUT2D eigenvalue weighted by Crippen LogP contribution is 2.21. The van der Waals surface area contributed by atoms with Crippen LogP contribution in [0.1, 0.15) is 25.0 Å². The summed E-state index contributed by atoms with van der Waals surface area (Å²) >= 11 is 0. The first-order chi connectivity index (χ1) is 11.0. The number of nitrogens with zero attached hydrogens (tertiary/aromatic N) is 2. The minimum absolute atomic E-state index is 0.129. The van der Waals surface area contributed by atoms with Crippen LogP contribution >= 0.6 is 0 Å². The number of oxime groups is 2. The summed E-state index contributed by atoms with van der Waals surface area (Å²) in [5.74, 6) is -0.512. The second-order valence-electron chi connectivity index (χ2n) is 4.55. The summed E-state index contributed by atoms with van der Waals surface area (Å²) in [5.41, 5.74) is 2.44. The Bertz CT molecular complexity index is 635. The van der Waals surface area contributed by atoms with E-state index in [1.54, 1.807) is 32.0 Å². The molecule has 0 bridgehead atoms. The molecule has 1 rings (SSSR count). The molecule has 0 aliphatic carbocycles. The number of methoxy groups -OCH3 is 2. The lowest BCUT2D eigenvalue weighted by Crippen LogP contribution is -2.08. The van der Waals surface area contributed by atoms with Crippen LogP contribution in [-0.4, -0.2) is 36.8 Å². The van der Waals surface area contributed by atoms with Crippen molar-refractivity contribution in [3.8, 4) is 0 Å². The molecule has 0 atom stereocenters. The van der Waals surface area contributed by atoms with Crippen LogP contribution in [0.3, 0.4) is 0 Å². The molecular formula is C16H20N2O5. The molecule has 0 aliphatic rings. The first-order valence-electron chi connectivity index (χ1n) is 6.80. The zero-order valence-corrected chi connectivity index (χ0v) is 13.6. The average Bonchev–Trinajstić information content (AvgIpc) is 2.58. The van der Waals surface area contributed by atoms with Crippen molar-refractivity contribution in [1.82, 2.24) is 0 Å². The zero-order chi connectivity index (χ0) is 17.2. The highest BCUT2D eigenvalue weighted by atomic mass is 16.6. The van der Waals surface area contributed by atoms with Gasteiger partial charge in [0, 0.05) is 5.56 Å². The molecular weight excluding hydrogens is 300 g/mol. The number of hydrogen-bond acceptors (Lipinski definition) is 7. The van der Waals surface area contributed by atoms with Crippen LogP contribution in [-0.2, 0) is 25.7 Å². The van der Waals surface area contributed by atoms with Gasteiger partial charge in [-0.3, -0.25) is 0 Å². The monoisotopic (exact) mass is 320 g/mol. The normalized spacial score (nSPS) is 12.8. The second kappa shape index (κ2) is 9.24. The van der Waals surface area contributed by atoms with Gasteiger partial charge in [-0.05, 0) is 19.4 Å². The fraction of sp³-hybridized carbons (Fsp3) is 0.312. The standard InChI is InChI=1S/C16H20N2O5/c1-11(17-20)12(2)18-23-9-13-7-5-6-8-14(13)15(10-21-3)16(19)22-4/h5-8,10,20H,9H2,1-4H3/b15-10+,17-11+,18-12+. The zero-order valence-electron chi connectivity index (χ0n) is 13.6.